The summed E-state index contributed by atoms with van der Waals surface area (Å²) in [7, 11) is 0. The van der Waals surface area contributed by atoms with Gasteiger partial charge in [0.2, 0.25) is 0 Å². The molecule has 0 bridgehead atoms. The SMILES string of the molecule is CCCNC(c1ccc(Br)cc1)c1sccc1Br. The van der Waals surface area contributed by atoms with Crippen molar-refractivity contribution >= 4 is 43.2 Å². The first-order chi connectivity index (χ1) is 8.72. The van der Waals surface area contributed by atoms with E-state index in [1.807, 2.05) is 0 Å². The van der Waals surface area contributed by atoms with Crippen LogP contribution in [0, 0.1) is 0 Å². The topological polar surface area (TPSA) is 12.0 Å². The number of thiophene rings is 1. The van der Waals surface area contributed by atoms with Crippen LogP contribution in [0.5, 0.6) is 0 Å². The highest BCUT2D eigenvalue weighted by atomic mass is 79.9. The lowest BCUT2D eigenvalue weighted by atomic mass is 10.1. The number of rotatable bonds is 5. The van der Waals surface area contributed by atoms with Crippen LogP contribution < -0.4 is 5.32 Å². The third kappa shape index (κ3) is 3.44. The molecule has 1 N–H and O–H groups in total. The third-order valence-corrected chi connectivity index (χ3v) is 5.17. The first kappa shape index (κ1) is 14.3. The minimum Gasteiger partial charge on any atom is -0.306 e. The van der Waals surface area contributed by atoms with Crippen LogP contribution in [-0.2, 0) is 0 Å². The Kier molecular flexibility index (Phi) is 5.42. The van der Waals surface area contributed by atoms with E-state index >= 15 is 0 Å². The molecule has 0 fully saturated rings. The van der Waals surface area contributed by atoms with E-state index < -0.39 is 0 Å². The first-order valence-corrected chi connectivity index (χ1v) is 8.40. The predicted octanol–water partition coefficient (Wildman–Crippen LogP) is 5.36. The monoisotopic (exact) mass is 387 g/mol. The summed E-state index contributed by atoms with van der Waals surface area (Å²) < 4.78 is 2.30. The number of nitrogens with one attached hydrogen (secondary N) is 1. The van der Waals surface area contributed by atoms with Gasteiger partial charge < -0.3 is 5.32 Å². The van der Waals surface area contributed by atoms with E-state index in [0.717, 1.165) is 17.4 Å². The van der Waals surface area contributed by atoms with Gasteiger partial charge in [0, 0.05) is 13.8 Å². The zero-order chi connectivity index (χ0) is 13.0. The van der Waals surface area contributed by atoms with Crippen molar-refractivity contribution < 1.29 is 0 Å². The molecule has 1 atom stereocenters. The normalized spacial score (nSPS) is 12.6. The van der Waals surface area contributed by atoms with Crippen molar-refractivity contribution in [1.82, 2.24) is 5.32 Å². The van der Waals surface area contributed by atoms with Crippen LogP contribution in [0.1, 0.15) is 29.8 Å². The molecule has 0 radical (unpaired) electrons. The van der Waals surface area contributed by atoms with Crippen LogP contribution in [0.25, 0.3) is 0 Å². The highest BCUT2D eigenvalue weighted by Crippen LogP contribution is 2.33. The largest absolute Gasteiger partial charge is 0.306 e. The van der Waals surface area contributed by atoms with Crippen molar-refractivity contribution in [3.05, 3.63) is 55.1 Å². The second kappa shape index (κ2) is 6.85. The molecule has 0 amide bonds. The van der Waals surface area contributed by atoms with Crippen molar-refractivity contribution in [1.29, 1.82) is 0 Å². The Morgan fingerprint density at radius 2 is 1.89 bits per heavy atom. The van der Waals surface area contributed by atoms with Crippen LogP contribution in [0.4, 0.5) is 0 Å². The average Bonchev–Trinajstić information content (AvgIpc) is 2.78. The summed E-state index contributed by atoms with van der Waals surface area (Å²) in [5.74, 6) is 0. The van der Waals surface area contributed by atoms with Crippen molar-refractivity contribution in [3.63, 3.8) is 0 Å². The van der Waals surface area contributed by atoms with Gasteiger partial charge in [-0.25, -0.2) is 0 Å². The molecule has 1 unspecified atom stereocenters. The predicted molar refractivity (Wildman–Crippen MR) is 86.3 cm³/mol. The molecule has 1 nitrogen and oxygen atoms in total. The molecule has 1 aromatic carbocycles. The molecule has 18 heavy (non-hydrogen) atoms. The number of hydrogen-bond donors (Lipinski definition) is 1. The van der Waals surface area contributed by atoms with E-state index in [2.05, 4.69) is 79.8 Å². The van der Waals surface area contributed by atoms with Crippen LogP contribution in [0.3, 0.4) is 0 Å². The molecule has 2 aromatic rings. The van der Waals surface area contributed by atoms with Crippen molar-refractivity contribution in [2.45, 2.75) is 19.4 Å². The smallest absolute Gasteiger partial charge is 0.0682 e. The standard InChI is InChI=1S/C14H15Br2NS/c1-2-8-17-13(14-12(16)7-9-18-14)10-3-5-11(15)6-4-10/h3-7,9,13,17H,2,8H2,1H3. The lowest BCUT2D eigenvalue weighted by molar-refractivity contribution is 0.604. The summed E-state index contributed by atoms with van der Waals surface area (Å²) in [6, 6.07) is 10.9. The lowest BCUT2D eigenvalue weighted by Gasteiger charge is -2.18. The third-order valence-electron chi connectivity index (χ3n) is 2.71. The van der Waals surface area contributed by atoms with Gasteiger partial charge in [-0.1, -0.05) is 35.0 Å². The minimum absolute atomic E-state index is 0.271. The molecule has 1 heterocycles. The number of halogens is 2. The van der Waals surface area contributed by atoms with E-state index in [4.69, 9.17) is 0 Å². The second-order valence-electron chi connectivity index (χ2n) is 4.07. The zero-order valence-corrected chi connectivity index (χ0v) is 14.1. The molecule has 0 saturated heterocycles. The summed E-state index contributed by atoms with van der Waals surface area (Å²) in [6.45, 7) is 3.21. The van der Waals surface area contributed by atoms with Gasteiger partial charge in [0.25, 0.3) is 0 Å². The molecular weight excluding hydrogens is 374 g/mol. The van der Waals surface area contributed by atoms with Crippen LogP contribution >= 0.6 is 43.2 Å². The lowest BCUT2D eigenvalue weighted by Crippen LogP contribution is -2.22. The molecule has 0 saturated carbocycles. The van der Waals surface area contributed by atoms with E-state index in [-0.39, 0.29) is 6.04 Å². The molecule has 0 spiro atoms. The van der Waals surface area contributed by atoms with E-state index in [9.17, 15) is 0 Å². The van der Waals surface area contributed by atoms with Crippen molar-refractivity contribution in [2.75, 3.05) is 6.54 Å². The molecule has 96 valence electrons. The van der Waals surface area contributed by atoms with Crippen molar-refractivity contribution in [3.8, 4) is 0 Å². The highest BCUT2D eigenvalue weighted by Gasteiger charge is 2.17. The Morgan fingerprint density at radius 3 is 2.44 bits per heavy atom. The Morgan fingerprint density at radius 1 is 1.17 bits per heavy atom. The van der Waals surface area contributed by atoms with Gasteiger partial charge in [-0.3, -0.25) is 0 Å². The summed E-state index contributed by atoms with van der Waals surface area (Å²) in [5, 5.41) is 5.74. The Balaban J connectivity index is 2.30. The maximum absolute atomic E-state index is 3.63. The summed E-state index contributed by atoms with van der Waals surface area (Å²) in [4.78, 5) is 1.34. The number of benzene rings is 1. The van der Waals surface area contributed by atoms with E-state index in [0.29, 0.717) is 0 Å². The van der Waals surface area contributed by atoms with E-state index in [1.54, 1.807) is 11.3 Å². The van der Waals surface area contributed by atoms with Gasteiger partial charge in [0.15, 0.2) is 0 Å². The quantitative estimate of drug-likeness (QED) is 0.726. The average molecular weight is 389 g/mol. The summed E-state index contributed by atoms with van der Waals surface area (Å²) in [5.41, 5.74) is 1.30. The fraction of sp³-hybridized carbons (Fsp3) is 0.286. The van der Waals surface area contributed by atoms with Crippen LogP contribution in [0.15, 0.2) is 44.7 Å². The molecule has 2 rings (SSSR count). The van der Waals surface area contributed by atoms with Crippen LogP contribution in [-0.4, -0.2) is 6.54 Å². The van der Waals surface area contributed by atoms with Gasteiger partial charge in [-0.2, -0.15) is 0 Å². The Hall–Kier alpha value is -0.160. The van der Waals surface area contributed by atoms with Gasteiger partial charge in [-0.05, 0) is 58.0 Å². The van der Waals surface area contributed by atoms with Gasteiger partial charge in [-0.15, -0.1) is 11.3 Å². The minimum atomic E-state index is 0.271. The second-order valence-corrected chi connectivity index (χ2v) is 6.79. The highest BCUT2D eigenvalue weighted by molar-refractivity contribution is 9.10. The molecule has 0 aliphatic heterocycles. The molecular formula is C14H15Br2NS. The maximum atomic E-state index is 3.63. The maximum Gasteiger partial charge on any atom is 0.0682 e. The fourth-order valence-corrected chi connectivity index (χ4v) is 3.78. The molecule has 0 aliphatic rings. The van der Waals surface area contributed by atoms with Gasteiger partial charge in [0.1, 0.15) is 0 Å². The number of hydrogen-bond acceptors (Lipinski definition) is 2. The zero-order valence-electron chi connectivity index (χ0n) is 10.1. The summed E-state index contributed by atoms with van der Waals surface area (Å²) >= 11 is 8.90. The van der Waals surface area contributed by atoms with Gasteiger partial charge >= 0.3 is 0 Å². The van der Waals surface area contributed by atoms with Crippen molar-refractivity contribution in [2.24, 2.45) is 0 Å². The molecule has 4 heteroatoms. The fourth-order valence-electron chi connectivity index (χ4n) is 1.82. The first-order valence-electron chi connectivity index (χ1n) is 5.94. The van der Waals surface area contributed by atoms with Gasteiger partial charge in [0.05, 0.1) is 6.04 Å². The Labute approximate surface area is 129 Å². The summed E-state index contributed by atoms with van der Waals surface area (Å²) in [6.07, 6.45) is 1.13. The van der Waals surface area contributed by atoms with Crippen LogP contribution in [0.2, 0.25) is 0 Å². The Bertz CT molecular complexity index is 493. The molecule has 1 aromatic heterocycles. The van der Waals surface area contributed by atoms with E-state index in [1.165, 1.54) is 14.9 Å². The molecule has 0 aliphatic carbocycles.